The minimum absolute atomic E-state index is 0.387. The SMILES string of the molecule is [2H]C1([2H])c2ccc(-c3ccc(N(c4ccc(-c5ccc(N(c6ccc(-c7ccc8c(c7)C([2H])([2H])C8([2H])[2H])cc6-c6ccccc6)c6cccc7ccccc67)cc5)cc4)c4cccc5ccccc45)c(-c4ccccc4)c3)cc2C1([2H])[2H]. The molecule has 350 valence electrons. The Morgan fingerprint density at radius 2 is 0.595 bits per heavy atom. The number of nitrogens with zero attached hydrogens (tertiary/aromatic N) is 2. The molecule has 2 nitrogen and oxygen atoms in total. The average Bonchev–Trinajstić information content (AvgIpc) is 2.49. The Labute approximate surface area is 445 Å². The summed E-state index contributed by atoms with van der Waals surface area (Å²) in [6.07, 6.45) is -8.26. The van der Waals surface area contributed by atoms with E-state index in [4.69, 9.17) is 11.0 Å². The first-order chi connectivity index (χ1) is 39.7. The maximum Gasteiger partial charge on any atom is 0.0540 e. The van der Waals surface area contributed by atoms with Crippen LogP contribution in [0.5, 0.6) is 0 Å². The van der Waals surface area contributed by atoms with E-state index in [1.54, 1.807) is 24.3 Å². The standard InChI is InChI=1S/C72H52N2/c1-3-13-55(14-4-1)67-47-61(59-31-27-51-25-29-57(51)45-59)37-43-71(67)73(69-23-11-19-53-17-7-9-21-65(53)69)63-39-33-49(34-40-63)50-35-41-64(42-36-50)74(70-24-12-20-54-18-8-10-22-66(54)70)72-44-38-62(48-68(72)56-15-5-2-6-16-56)60-32-28-52-26-30-58(52)46-60/h1-24,27-28,31-48H,25-26,29-30H2/i25D2,26D2,29D2,30D2. The predicted molar refractivity (Wildman–Crippen MR) is 313 cm³/mol. The number of hydrogen-bond acceptors (Lipinski definition) is 2. The van der Waals surface area contributed by atoms with E-state index in [1.807, 2.05) is 48.5 Å². The average molecular weight is 953 g/mol. The van der Waals surface area contributed by atoms with E-state index in [1.165, 1.54) is 0 Å². The third-order valence-electron chi connectivity index (χ3n) is 14.6. The minimum Gasteiger partial charge on any atom is -0.309 e. The van der Waals surface area contributed by atoms with E-state index in [0.717, 1.165) is 111 Å². The van der Waals surface area contributed by atoms with Crippen molar-refractivity contribution in [3.05, 3.63) is 289 Å². The van der Waals surface area contributed by atoms with Crippen LogP contribution < -0.4 is 9.80 Å². The molecule has 12 aromatic rings. The topological polar surface area (TPSA) is 6.48 Å². The molecule has 0 amide bonds. The monoisotopic (exact) mass is 952 g/mol. The number of fused-ring (bicyclic) bond motifs is 4. The quantitative estimate of drug-likeness (QED) is 0.127. The van der Waals surface area contributed by atoms with Crippen LogP contribution in [0.1, 0.15) is 33.2 Å². The zero-order valence-electron chi connectivity index (χ0n) is 48.3. The normalized spacial score (nSPS) is 16.7. The van der Waals surface area contributed by atoms with Gasteiger partial charge in [-0.15, -0.1) is 0 Å². The molecule has 0 unspecified atom stereocenters. The van der Waals surface area contributed by atoms with Crippen LogP contribution in [0.3, 0.4) is 0 Å². The lowest BCUT2D eigenvalue weighted by molar-refractivity contribution is 0.840. The number of benzene rings is 12. The van der Waals surface area contributed by atoms with E-state index in [2.05, 4.69) is 204 Å². The lowest BCUT2D eigenvalue weighted by atomic mass is 9.85. The molecule has 0 aliphatic heterocycles. The highest BCUT2D eigenvalue weighted by Crippen LogP contribution is 2.48. The van der Waals surface area contributed by atoms with Crippen molar-refractivity contribution in [3.8, 4) is 55.6 Å². The van der Waals surface area contributed by atoms with Crippen LogP contribution in [0.25, 0.3) is 77.2 Å². The molecular formula is C72H52N2. The fraction of sp³-hybridized carbons (Fsp3) is 0.0556. The lowest BCUT2D eigenvalue weighted by Gasteiger charge is -2.30. The van der Waals surface area contributed by atoms with E-state index >= 15 is 0 Å². The molecule has 0 saturated heterocycles. The first kappa shape index (κ1) is 35.8. The Balaban J connectivity index is 0.867. The number of aryl methyl sites for hydroxylation is 4. The summed E-state index contributed by atoms with van der Waals surface area (Å²) in [5, 5.41) is 4.41. The molecule has 0 aromatic heterocycles. The van der Waals surface area contributed by atoms with Gasteiger partial charge >= 0.3 is 0 Å². The summed E-state index contributed by atoms with van der Waals surface area (Å²) in [7, 11) is 0. The van der Waals surface area contributed by atoms with E-state index in [0.29, 0.717) is 22.3 Å². The second-order valence-corrected chi connectivity index (χ2v) is 19.0. The van der Waals surface area contributed by atoms with Gasteiger partial charge in [0.2, 0.25) is 0 Å². The zero-order chi connectivity index (χ0) is 56.1. The van der Waals surface area contributed by atoms with Crippen LogP contribution in [-0.2, 0) is 25.5 Å². The third-order valence-corrected chi connectivity index (χ3v) is 14.6. The van der Waals surface area contributed by atoms with Crippen molar-refractivity contribution in [2.24, 2.45) is 0 Å². The van der Waals surface area contributed by atoms with Gasteiger partial charge in [-0.3, -0.25) is 0 Å². The molecule has 0 atom stereocenters. The molecule has 0 spiro atoms. The molecule has 12 aromatic carbocycles. The van der Waals surface area contributed by atoms with Crippen molar-refractivity contribution >= 4 is 55.7 Å². The number of rotatable bonds is 11. The van der Waals surface area contributed by atoms with Gasteiger partial charge in [0.1, 0.15) is 0 Å². The molecule has 2 aliphatic carbocycles. The van der Waals surface area contributed by atoms with Crippen LogP contribution in [0.15, 0.2) is 267 Å². The van der Waals surface area contributed by atoms with Gasteiger partial charge in [0, 0.05) is 44.2 Å². The van der Waals surface area contributed by atoms with Crippen molar-refractivity contribution < 1.29 is 11.0 Å². The summed E-state index contributed by atoms with van der Waals surface area (Å²) in [6.45, 7) is 0. The van der Waals surface area contributed by atoms with Crippen molar-refractivity contribution in [2.75, 3.05) is 9.80 Å². The predicted octanol–water partition coefficient (Wildman–Crippen LogP) is 19.5. The Bertz CT molecular complexity index is 4170. The fourth-order valence-electron chi connectivity index (χ4n) is 10.8. The van der Waals surface area contributed by atoms with Gasteiger partial charge in [0.05, 0.1) is 22.7 Å². The molecule has 0 N–H and O–H groups in total. The van der Waals surface area contributed by atoms with Gasteiger partial charge in [-0.1, -0.05) is 206 Å². The maximum absolute atomic E-state index is 8.58. The van der Waals surface area contributed by atoms with Crippen LogP contribution in [0.2, 0.25) is 0 Å². The van der Waals surface area contributed by atoms with Gasteiger partial charge in [0.25, 0.3) is 0 Å². The Kier molecular flexibility index (Phi) is 8.91. The van der Waals surface area contributed by atoms with E-state index in [9.17, 15) is 0 Å². The molecule has 0 radical (unpaired) electrons. The van der Waals surface area contributed by atoms with Crippen molar-refractivity contribution in [3.63, 3.8) is 0 Å². The molecular weight excluding hydrogens is 893 g/mol. The summed E-state index contributed by atoms with van der Waals surface area (Å²) in [5.41, 5.74) is 16.9. The van der Waals surface area contributed by atoms with E-state index < -0.39 is 25.5 Å². The summed E-state index contributed by atoms with van der Waals surface area (Å²) in [5.74, 6) is 0. The van der Waals surface area contributed by atoms with Gasteiger partial charge in [-0.25, -0.2) is 0 Å². The second kappa shape index (κ2) is 18.4. The number of hydrogen-bond donors (Lipinski definition) is 0. The van der Waals surface area contributed by atoms with Gasteiger partial charge in [-0.05, 0) is 164 Å². The summed E-state index contributed by atoms with van der Waals surface area (Å²) < 4.78 is 67.9. The summed E-state index contributed by atoms with van der Waals surface area (Å²) >= 11 is 0. The van der Waals surface area contributed by atoms with Crippen LogP contribution in [0, 0.1) is 0 Å². The Morgan fingerprint density at radius 1 is 0.243 bits per heavy atom. The van der Waals surface area contributed by atoms with Crippen LogP contribution in [-0.4, -0.2) is 0 Å². The van der Waals surface area contributed by atoms with Gasteiger partial charge in [-0.2, -0.15) is 0 Å². The van der Waals surface area contributed by atoms with Gasteiger partial charge in [0.15, 0.2) is 0 Å². The van der Waals surface area contributed by atoms with Crippen molar-refractivity contribution in [2.45, 2.75) is 25.5 Å². The summed E-state index contributed by atoms with van der Waals surface area (Å²) in [4.78, 5) is 4.65. The zero-order valence-corrected chi connectivity index (χ0v) is 40.3. The van der Waals surface area contributed by atoms with Crippen molar-refractivity contribution in [1.82, 2.24) is 0 Å². The lowest BCUT2D eigenvalue weighted by Crippen LogP contribution is -2.12. The fourth-order valence-corrected chi connectivity index (χ4v) is 10.8. The number of anilines is 6. The highest BCUT2D eigenvalue weighted by molar-refractivity contribution is 6.03. The first-order valence-corrected chi connectivity index (χ1v) is 25.2. The molecule has 2 aliphatic rings. The maximum atomic E-state index is 8.58. The molecule has 0 fully saturated rings. The highest BCUT2D eigenvalue weighted by atomic mass is 15.2. The Morgan fingerprint density at radius 3 is 1.04 bits per heavy atom. The second-order valence-electron chi connectivity index (χ2n) is 19.0. The smallest absolute Gasteiger partial charge is 0.0540 e. The summed E-state index contributed by atoms with van der Waals surface area (Å²) in [6, 6.07) is 91.4. The first-order valence-electron chi connectivity index (χ1n) is 29.2. The molecule has 0 saturated carbocycles. The molecule has 74 heavy (non-hydrogen) atoms. The van der Waals surface area contributed by atoms with Gasteiger partial charge < -0.3 is 9.80 Å². The van der Waals surface area contributed by atoms with Crippen LogP contribution in [0.4, 0.5) is 34.1 Å². The van der Waals surface area contributed by atoms with Crippen LogP contribution >= 0.6 is 0 Å². The third kappa shape index (κ3) is 7.84. The molecule has 14 rings (SSSR count). The van der Waals surface area contributed by atoms with E-state index in [-0.39, 0.29) is 0 Å². The molecule has 0 bridgehead atoms. The van der Waals surface area contributed by atoms with Crippen molar-refractivity contribution in [1.29, 1.82) is 0 Å². The minimum atomic E-state index is -2.09. The largest absolute Gasteiger partial charge is 0.309 e. The Hall–Kier alpha value is -9.24. The molecule has 0 heterocycles. The highest BCUT2D eigenvalue weighted by Gasteiger charge is 2.24. The molecule has 2 heteroatoms.